The number of ether oxygens (including phenoxy) is 1. The SMILES string of the molecule is Cc1ccc(C(NN)C2CCOC3(CCCC3)C2)cc1Cl. The molecule has 4 heteroatoms. The van der Waals surface area contributed by atoms with Crippen molar-refractivity contribution in [1.29, 1.82) is 0 Å². The van der Waals surface area contributed by atoms with Crippen LogP contribution in [0.4, 0.5) is 0 Å². The van der Waals surface area contributed by atoms with Crippen LogP contribution in [0.15, 0.2) is 18.2 Å². The van der Waals surface area contributed by atoms with E-state index in [1.807, 2.05) is 6.92 Å². The molecular formula is C17H25ClN2O. The van der Waals surface area contributed by atoms with Crippen LogP contribution in [-0.2, 0) is 4.74 Å². The molecule has 1 saturated heterocycles. The van der Waals surface area contributed by atoms with Gasteiger partial charge < -0.3 is 4.74 Å². The van der Waals surface area contributed by atoms with E-state index >= 15 is 0 Å². The number of nitrogens with two attached hydrogens (primary N) is 1. The van der Waals surface area contributed by atoms with Gasteiger partial charge in [0.15, 0.2) is 0 Å². The second-order valence-electron chi connectivity index (χ2n) is 6.64. The third-order valence-electron chi connectivity index (χ3n) is 5.25. The molecule has 1 aliphatic carbocycles. The Morgan fingerprint density at radius 2 is 2.14 bits per heavy atom. The number of nitrogens with one attached hydrogen (secondary N) is 1. The average Bonchev–Trinajstić information content (AvgIpc) is 2.91. The smallest absolute Gasteiger partial charge is 0.0686 e. The van der Waals surface area contributed by atoms with Crippen molar-refractivity contribution in [2.24, 2.45) is 11.8 Å². The molecule has 2 fully saturated rings. The Balaban J connectivity index is 1.80. The van der Waals surface area contributed by atoms with Gasteiger partial charge in [0.2, 0.25) is 0 Å². The number of rotatable bonds is 3. The van der Waals surface area contributed by atoms with Crippen LogP contribution in [0.2, 0.25) is 5.02 Å². The molecule has 21 heavy (non-hydrogen) atoms. The average molecular weight is 309 g/mol. The zero-order valence-electron chi connectivity index (χ0n) is 12.7. The summed E-state index contributed by atoms with van der Waals surface area (Å²) in [5.41, 5.74) is 5.44. The van der Waals surface area contributed by atoms with Gasteiger partial charge in [-0.25, -0.2) is 0 Å². The Morgan fingerprint density at radius 1 is 1.38 bits per heavy atom. The Hall–Kier alpha value is -0.610. The molecule has 0 bridgehead atoms. The summed E-state index contributed by atoms with van der Waals surface area (Å²) in [6.07, 6.45) is 7.16. The largest absolute Gasteiger partial charge is 0.375 e. The van der Waals surface area contributed by atoms with Crippen molar-refractivity contribution in [1.82, 2.24) is 5.43 Å². The molecule has 1 spiro atoms. The maximum absolute atomic E-state index is 6.28. The molecule has 0 amide bonds. The van der Waals surface area contributed by atoms with Crippen molar-refractivity contribution in [2.75, 3.05) is 6.61 Å². The Morgan fingerprint density at radius 3 is 2.81 bits per heavy atom. The highest BCUT2D eigenvalue weighted by Crippen LogP contribution is 2.45. The van der Waals surface area contributed by atoms with Gasteiger partial charge in [-0.2, -0.15) is 0 Å². The number of halogens is 1. The third kappa shape index (κ3) is 3.11. The molecule has 0 radical (unpaired) electrons. The first-order chi connectivity index (χ1) is 10.1. The molecule has 3 N–H and O–H groups in total. The second-order valence-corrected chi connectivity index (χ2v) is 7.05. The second kappa shape index (κ2) is 6.25. The summed E-state index contributed by atoms with van der Waals surface area (Å²) in [6.45, 7) is 2.88. The maximum Gasteiger partial charge on any atom is 0.0686 e. The highest BCUT2D eigenvalue weighted by molar-refractivity contribution is 6.31. The van der Waals surface area contributed by atoms with Crippen LogP contribution in [0.25, 0.3) is 0 Å². The lowest BCUT2D eigenvalue weighted by atomic mass is 9.78. The fourth-order valence-electron chi connectivity index (χ4n) is 4.02. The molecule has 116 valence electrons. The zero-order chi connectivity index (χ0) is 14.9. The minimum absolute atomic E-state index is 0.118. The van der Waals surface area contributed by atoms with Crippen LogP contribution in [0.1, 0.15) is 55.7 Å². The van der Waals surface area contributed by atoms with Gasteiger partial charge in [0.25, 0.3) is 0 Å². The molecule has 1 aromatic carbocycles. The molecule has 2 unspecified atom stereocenters. The number of hydrogen-bond donors (Lipinski definition) is 2. The summed E-state index contributed by atoms with van der Waals surface area (Å²) < 4.78 is 6.14. The van der Waals surface area contributed by atoms with Crippen LogP contribution >= 0.6 is 11.6 Å². The van der Waals surface area contributed by atoms with E-state index in [-0.39, 0.29) is 11.6 Å². The van der Waals surface area contributed by atoms with Crippen molar-refractivity contribution in [2.45, 2.75) is 57.1 Å². The first kappa shape index (κ1) is 15.3. The van der Waals surface area contributed by atoms with Crippen molar-refractivity contribution < 1.29 is 4.74 Å². The summed E-state index contributed by atoms with van der Waals surface area (Å²) in [4.78, 5) is 0. The van der Waals surface area contributed by atoms with Crippen LogP contribution in [0.5, 0.6) is 0 Å². The minimum Gasteiger partial charge on any atom is -0.375 e. The molecule has 2 atom stereocenters. The summed E-state index contributed by atoms with van der Waals surface area (Å²) in [5.74, 6) is 6.39. The van der Waals surface area contributed by atoms with Crippen LogP contribution in [0, 0.1) is 12.8 Å². The fraction of sp³-hybridized carbons (Fsp3) is 0.647. The molecule has 2 aliphatic rings. The number of benzene rings is 1. The minimum atomic E-state index is 0.118. The lowest BCUT2D eigenvalue weighted by Gasteiger charge is -2.41. The number of hydrazine groups is 1. The monoisotopic (exact) mass is 308 g/mol. The molecule has 1 aromatic rings. The topological polar surface area (TPSA) is 47.3 Å². The quantitative estimate of drug-likeness (QED) is 0.658. The Kier molecular flexibility index (Phi) is 4.55. The highest BCUT2D eigenvalue weighted by Gasteiger charge is 2.42. The molecular weight excluding hydrogens is 284 g/mol. The van der Waals surface area contributed by atoms with Crippen molar-refractivity contribution >= 4 is 11.6 Å². The van der Waals surface area contributed by atoms with Crippen LogP contribution in [-0.4, -0.2) is 12.2 Å². The van der Waals surface area contributed by atoms with Gasteiger partial charge >= 0.3 is 0 Å². The molecule has 1 aliphatic heterocycles. The summed E-state index contributed by atoms with van der Waals surface area (Å²) in [5, 5.41) is 0.815. The van der Waals surface area contributed by atoms with Gasteiger partial charge in [-0.3, -0.25) is 11.3 Å². The van der Waals surface area contributed by atoms with E-state index in [9.17, 15) is 0 Å². The first-order valence-electron chi connectivity index (χ1n) is 8.00. The van der Waals surface area contributed by atoms with Crippen molar-refractivity contribution in [3.63, 3.8) is 0 Å². The molecule has 3 nitrogen and oxygen atoms in total. The molecule has 1 saturated carbocycles. The number of hydrogen-bond acceptors (Lipinski definition) is 3. The van der Waals surface area contributed by atoms with Gasteiger partial charge in [0, 0.05) is 17.7 Å². The van der Waals surface area contributed by atoms with Gasteiger partial charge in [0.05, 0.1) is 5.60 Å². The lowest BCUT2D eigenvalue weighted by molar-refractivity contribution is -0.0982. The van der Waals surface area contributed by atoms with E-state index in [4.69, 9.17) is 22.2 Å². The van der Waals surface area contributed by atoms with Crippen LogP contribution in [0.3, 0.4) is 0 Å². The first-order valence-corrected chi connectivity index (χ1v) is 8.37. The van der Waals surface area contributed by atoms with Gasteiger partial charge in [-0.1, -0.05) is 36.6 Å². The standard InChI is InChI=1S/C17H25ClN2O/c1-12-4-5-13(10-15(12)18)16(20-19)14-6-9-21-17(11-14)7-2-3-8-17/h4-5,10,14,16,20H,2-3,6-9,11,19H2,1H3. The predicted molar refractivity (Wildman–Crippen MR) is 86.1 cm³/mol. The number of aryl methyl sites for hydroxylation is 1. The third-order valence-corrected chi connectivity index (χ3v) is 5.66. The van der Waals surface area contributed by atoms with Gasteiger partial charge in [0.1, 0.15) is 0 Å². The van der Waals surface area contributed by atoms with E-state index in [0.717, 1.165) is 30.0 Å². The zero-order valence-corrected chi connectivity index (χ0v) is 13.5. The van der Waals surface area contributed by atoms with Gasteiger partial charge in [-0.15, -0.1) is 0 Å². The summed E-state index contributed by atoms with van der Waals surface area (Å²) in [7, 11) is 0. The molecule has 1 heterocycles. The van der Waals surface area contributed by atoms with Crippen molar-refractivity contribution in [3.8, 4) is 0 Å². The van der Waals surface area contributed by atoms with E-state index < -0.39 is 0 Å². The fourth-order valence-corrected chi connectivity index (χ4v) is 4.21. The van der Waals surface area contributed by atoms with E-state index in [0.29, 0.717) is 5.92 Å². The molecule has 0 aromatic heterocycles. The van der Waals surface area contributed by atoms with Gasteiger partial charge in [-0.05, 0) is 55.7 Å². The lowest BCUT2D eigenvalue weighted by Crippen LogP contribution is -2.43. The van der Waals surface area contributed by atoms with E-state index in [1.165, 1.54) is 31.2 Å². The normalized spacial score (nSPS) is 26.1. The maximum atomic E-state index is 6.28. The van der Waals surface area contributed by atoms with E-state index in [2.05, 4.69) is 23.6 Å². The highest BCUT2D eigenvalue weighted by atomic mass is 35.5. The summed E-state index contributed by atoms with van der Waals surface area (Å²) >= 11 is 6.28. The van der Waals surface area contributed by atoms with Crippen LogP contribution < -0.4 is 11.3 Å². The summed E-state index contributed by atoms with van der Waals surface area (Å²) in [6, 6.07) is 6.43. The Labute approximate surface area is 132 Å². The molecule has 3 rings (SSSR count). The predicted octanol–water partition coefficient (Wildman–Crippen LogP) is 3.89. The van der Waals surface area contributed by atoms with E-state index in [1.54, 1.807) is 0 Å². The van der Waals surface area contributed by atoms with Crippen molar-refractivity contribution in [3.05, 3.63) is 34.3 Å². The Bertz CT molecular complexity index is 500.